The number of hydrogen-bond donors (Lipinski definition) is 1. The van der Waals surface area contributed by atoms with Gasteiger partial charge in [0.2, 0.25) is 5.91 Å². The molecule has 0 saturated carbocycles. The van der Waals surface area contributed by atoms with Gasteiger partial charge in [-0.05, 0) is 12.8 Å². The number of nitrogens with zero attached hydrogens (tertiary/aromatic N) is 1. The van der Waals surface area contributed by atoms with Crippen LogP contribution in [-0.4, -0.2) is 56.9 Å². The summed E-state index contributed by atoms with van der Waals surface area (Å²) in [7, 11) is 1.68. The van der Waals surface area contributed by atoms with Crippen molar-refractivity contribution in [3.05, 3.63) is 0 Å². The third-order valence-electron chi connectivity index (χ3n) is 3.76. The maximum Gasteiger partial charge on any atom is 0.228 e. The molecule has 2 unspecified atom stereocenters. The van der Waals surface area contributed by atoms with Crippen LogP contribution in [0.5, 0.6) is 0 Å². The van der Waals surface area contributed by atoms with Crippen molar-refractivity contribution in [1.29, 1.82) is 0 Å². The van der Waals surface area contributed by atoms with Crippen molar-refractivity contribution in [2.75, 3.05) is 40.0 Å². The Bertz CT molecular complexity index is 266. The number of likely N-dealkylation sites (tertiary alicyclic amines) is 1. The van der Waals surface area contributed by atoms with E-state index in [2.05, 4.69) is 0 Å². The average molecular weight is 242 g/mol. The second-order valence-electron chi connectivity index (χ2n) is 5.01. The molecule has 17 heavy (non-hydrogen) atoms. The molecular weight excluding hydrogens is 220 g/mol. The van der Waals surface area contributed by atoms with Crippen molar-refractivity contribution in [2.45, 2.75) is 18.9 Å². The SMILES string of the molecule is COC[C@@H]1CN(C(=O)C2CCOC2)CCC1N. The number of hydrogen-bond acceptors (Lipinski definition) is 4. The number of amides is 1. The van der Waals surface area contributed by atoms with Crippen LogP contribution < -0.4 is 5.73 Å². The monoisotopic (exact) mass is 242 g/mol. The topological polar surface area (TPSA) is 64.8 Å². The van der Waals surface area contributed by atoms with E-state index in [0.29, 0.717) is 19.8 Å². The van der Waals surface area contributed by atoms with Gasteiger partial charge in [-0.2, -0.15) is 0 Å². The summed E-state index contributed by atoms with van der Waals surface area (Å²) < 4.78 is 10.4. The van der Waals surface area contributed by atoms with E-state index in [9.17, 15) is 4.79 Å². The largest absolute Gasteiger partial charge is 0.384 e. The van der Waals surface area contributed by atoms with E-state index < -0.39 is 0 Å². The van der Waals surface area contributed by atoms with E-state index in [1.54, 1.807) is 7.11 Å². The minimum absolute atomic E-state index is 0.0625. The standard InChI is InChI=1S/C12H22N2O3/c1-16-7-10-6-14(4-2-11(10)13)12(15)9-3-5-17-8-9/h9-11H,2-8,13H2,1H3/t9?,10-,11?/m0/s1. The fraction of sp³-hybridized carbons (Fsp3) is 0.917. The molecule has 0 aromatic rings. The maximum absolute atomic E-state index is 12.2. The highest BCUT2D eigenvalue weighted by atomic mass is 16.5. The van der Waals surface area contributed by atoms with Crippen LogP contribution >= 0.6 is 0 Å². The summed E-state index contributed by atoms with van der Waals surface area (Å²) in [6, 6.07) is 0.152. The third kappa shape index (κ3) is 2.97. The highest BCUT2D eigenvalue weighted by molar-refractivity contribution is 5.79. The number of carbonyl (C=O) groups is 1. The van der Waals surface area contributed by atoms with Gasteiger partial charge in [0.15, 0.2) is 0 Å². The molecule has 2 heterocycles. The molecule has 3 atom stereocenters. The average Bonchev–Trinajstić information content (AvgIpc) is 2.85. The highest BCUT2D eigenvalue weighted by Crippen LogP contribution is 2.21. The van der Waals surface area contributed by atoms with Crippen molar-refractivity contribution in [1.82, 2.24) is 4.90 Å². The van der Waals surface area contributed by atoms with Gasteiger partial charge in [-0.25, -0.2) is 0 Å². The molecular formula is C12H22N2O3. The molecule has 0 aliphatic carbocycles. The molecule has 2 aliphatic rings. The van der Waals surface area contributed by atoms with E-state index in [4.69, 9.17) is 15.2 Å². The first kappa shape index (κ1) is 12.8. The minimum Gasteiger partial charge on any atom is -0.384 e. The third-order valence-corrected chi connectivity index (χ3v) is 3.76. The van der Waals surface area contributed by atoms with Crippen LogP contribution in [0.1, 0.15) is 12.8 Å². The first-order valence-corrected chi connectivity index (χ1v) is 6.33. The van der Waals surface area contributed by atoms with E-state index in [1.807, 2.05) is 4.90 Å². The number of rotatable bonds is 3. The zero-order valence-electron chi connectivity index (χ0n) is 10.4. The van der Waals surface area contributed by atoms with Crippen LogP contribution in [-0.2, 0) is 14.3 Å². The Hall–Kier alpha value is -0.650. The lowest BCUT2D eigenvalue weighted by molar-refractivity contribution is -0.138. The smallest absolute Gasteiger partial charge is 0.228 e. The van der Waals surface area contributed by atoms with Gasteiger partial charge in [-0.1, -0.05) is 0 Å². The van der Waals surface area contributed by atoms with Crippen LogP contribution in [0.15, 0.2) is 0 Å². The van der Waals surface area contributed by atoms with Crippen molar-refractivity contribution < 1.29 is 14.3 Å². The summed E-state index contributed by atoms with van der Waals surface area (Å²) in [6.07, 6.45) is 1.73. The Kier molecular flexibility index (Phi) is 4.36. The minimum atomic E-state index is 0.0625. The molecule has 5 heteroatoms. The Balaban J connectivity index is 1.90. The van der Waals surface area contributed by atoms with E-state index in [0.717, 1.165) is 25.9 Å². The van der Waals surface area contributed by atoms with Crippen molar-refractivity contribution in [3.8, 4) is 0 Å². The first-order chi connectivity index (χ1) is 8.22. The summed E-state index contributed by atoms with van der Waals surface area (Å²) >= 11 is 0. The van der Waals surface area contributed by atoms with Crippen molar-refractivity contribution in [3.63, 3.8) is 0 Å². The summed E-state index contributed by atoms with van der Waals surface area (Å²) in [4.78, 5) is 14.2. The summed E-state index contributed by atoms with van der Waals surface area (Å²) in [5.74, 6) is 0.558. The van der Waals surface area contributed by atoms with Gasteiger partial charge in [0.25, 0.3) is 0 Å². The first-order valence-electron chi connectivity index (χ1n) is 6.33. The summed E-state index contributed by atoms with van der Waals surface area (Å²) in [5, 5.41) is 0. The molecule has 2 aliphatic heterocycles. The normalized spacial score (nSPS) is 34.0. The van der Waals surface area contributed by atoms with Crippen molar-refractivity contribution in [2.24, 2.45) is 17.6 Å². The van der Waals surface area contributed by atoms with Crippen LogP contribution in [0.25, 0.3) is 0 Å². The quantitative estimate of drug-likeness (QED) is 0.747. The number of piperidine rings is 1. The summed E-state index contributed by atoms with van der Waals surface area (Å²) in [6.45, 7) is 3.43. The van der Waals surface area contributed by atoms with E-state index >= 15 is 0 Å². The Morgan fingerprint density at radius 2 is 2.35 bits per heavy atom. The Morgan fingerprint density at radius 3 is 3.00 bits per heavy atom. The molecule has 0 spiro atoms. The van der Waals surface area contributed by atoms with Crippen molar-refractivity contribution >= 4 is 5.91 Å². The van der Waals surface area contributed by atoms with Crippen LogP contribution in [0.2, 0.25) is 0 Å². The molecule has 0 aromatic carbocycles. The summed E-state index contributed by atoms with van der Waals surface area (Å²) in [5.41, 5.74) is 6.04. The van der Waals surface area contributed by atoms with Gasteiger partial charge in [-0.15, -0.1) is 0 Å². The van der Waals surface area contributed by atoms with Crippen LogP contribution in [0.3, 0.4) is 0 Å². The number of carbonyl (C=O) groups excluding carboxylic acids is 1. The molecule has 2 rings (SSSR count). The van der Waals surface area contributed by atoms with Gasteiger partial charge in [0.05, 0.1) is 19.1 Å². The Morgan fingerprint density at radius 1 is 1.53 bits per heavy atom. The van der Waals surface area contributed by atoms with Crippen LogP contribution in [0, 0.1) is 11.8 Å². The fourth-order valence-corrected chi connectivity index (χ4v) is 2.63. The fourth-order valence-electron chi connectivity index (χ4n) is 2.63. The lowest BCUT2D eigenvalue weighted by atomic mass is 9.92. The van der Waals surface area contributed by atoms with E-state index in [-0.39, 0.29) is 23.8 Å². The molecule has 0 bridgehead atoms. The van der Waals surface area contributed by atoms with Gasteiger partial charge >= 0.3 is 0 Å². The number of nitrogens with two attached hydrogens (primary N) is 1. The van der Waals surface area contributed by atoms with Gasteiger partial charge in [0, 0.05) is 38.8 Å². The number of methoxy groups -OCH3 is 1. The Labute approximate surface area is 102 Å². The molecule has 2 fully saturated rings. The molecule has 2 saturated heterocycles. The molecule has 0 radical (unpaired) electrons. The van der Waals surface area contributed by atoms with Crippen LogP contribution in [0.4, 0.5) is 0 Å². The molecule has 1 amide bonds. The molecule has 2 N–H and O–H groups in total. The predicted octanol–water partition coefficient (Wildman–Crippen LogP) is -0.155. The van der Waals surface area contributed by atoms with Gasteiger partial charge in [0.1, 0.15) is 0 Å². The molecule has 98 valence electrons. The molecule has 5 nitrogen and oxygen atoms in total. The molecule has 0 aromatic heterocycles. The second-order valence-corrected chi connectivity index (χ2v) is 5.01. The zero-order chi connectivity index (χ0) is 12.3. The zero-order valence-corrected chi connectivity index (χ0v) is 10.4. The van der Waals surface area contributed by atoms with Gasteiger partial charge < -0.3 is 20.1 Å². The lowest BCUT2D eigenvalue weighted by Gasteiger charge is -2.37. The maximum atomic E-state index is 12.2. The lowest BCUT2D eigenvalue weighted by Crippen LogP contribution is -2.52. The van der Waals surface area contributed by atoms with Gasteiger partial charge in [-0.3, -0.25) is 4.79 Å². The highest BCUT2D eigenvalue weighted by Gasteiger charge is 2.33. The number of ether oxygens (including phenoxy) is 2. The second kappa shape index (κ2) is 5.80. The van der Waals surface area contributed by atoms with E-state index in [1.165, 1.54) is 0 Å². The predicted molar refractivity (Wildman–Crippen MR) is 63.5 cm³/mol.